The molecular weight excluding hydrogens is 472 g/mol. The molecule has 0 saturated heterocycles. The highest BCUT2D eigenvalue weighted by molar-refractivity contribution is 5.88. The molecule has 1 aliphatic carbocycles. The number of nitrogens with one attached hydrogen (secondary N) is 1. The summed E-state index contributed by atoms with van der Waals surface area (Å²) in [5.41, 5.74) is 5.32. The molecule has 5 nitrogen and oxygen atoms in total. The van der Waals surface area contributed by atoms with Crippen LogP contribution in [0, 0.1) is 20.8 Å². The number of benzene rings is 3. The van der Waals surface area contributed by atoms with E-state index in [1.165, 1.54) is 6.42 Å². The number of carbonyl (C=O) groups excluding carboxylic acids is 2. The van der Waals surface area contributed by atoms with Crippen LogP contribution >= 0.6 is 0 Å². The van der Waals surface area contributed by atoms with Crippen LogP contribution in [0.15, 0.2) is 72.8 Å². The van der Waals surface area contributed by atoms with Gasteiger partial charge in [0.1, 0.15) is 11.8 Å². The number of hydrogen-bond donors (Lipinski definition) is 1. The van der Waals surface area contributed by atoms with Crippen LogP contribution in [-0.4, -0.2) is 35.4 Å². The lowest BCUT2D eigenvalue weighted by Gasteiger charge is -2.33. The number of amides is 2. The predicted octanol–water partition coefficient (Wildman–Crippen LogP) is 6.08. The Morgan fingerprint density at radius 1 is 0.842 bits per heavy atom. The van der Waals surface area contributed by atoms with E-state index in [1.807, 2.05) is 87.5 Å². The van der Waals surface area contributed by atoms with Crippen molar-refractivity contribution in [3.05, 3.63) is 101 Å². The van der Waals surface area contributed by atoms with E-state index in [0.717, 1.165) is 53.5 Å². The van der Waals surface area contributed by atoms with Crippen LogP contribution in [0.1, 0.15) is 59.9 Å². The second-order valence-corrected chi connectivity index (χ2v) is 10.7. The van der Waals surface area contributed by atoms with Crippen molar-refractivity contribution in [1.82, 2.24) is 10.2 Å². The summed E-state index contributed by atoms with van der Waals surface area (Å²) in [5, 5.41) is 3.28. The highest BCUT2D eigenvalue weighted by Gasteiger charge is 2.32. The molecule has 0 unspecified atom stereocenters. The maximum absolute atomic E-state index is 13.8. The maximum atomic E-state index is 13.8. The summed E-state index contributed by atoms with van der Waals surface area (Å²) in [6.07, 6.45) is 5.90. The van der Waals surface area contributed by atoms with Crippen molar-refractivity contribution in [2.45, 2.75) is 77.9 Å². The van der Waals surface area contributed by atoms with Gasteiger partial charge in [0.25, 0.3) is 5.91 Å². The Kier molecular flexibility index (Phi) is 9.58. The standard InChI is InChI=1S/C33H40N2O3/c1-24-14-16-28(17-15-24)22-35(32(36)23-38-30-19-25(2)18-26(3)20-30)31(21-27-10-6-4-7-11-27)33(37)34-29-12-8-5-9-13-29/h4,6-7,10-11,14-20,29,31H,5,8-9,12-13,21-23H2,1-3H3,(H,34,37)/t31-/m0/s1. The van der Waals surface area contributed by atoms with Gasteiger partial charge in [0.15, 0.2) is 6.61 Å². The van der Waals surface area contributed by atoms with Crippen molar-refractivity contribution in [3.63, 3.8) is 0 Å². The normalized spacial score (nSPS) is 14.5. The predicted molar refractivity (Wildman–Crippen MR) is 152 cm³/mol. The first-order valence-corrected chi connectivity index (χ1v) is 13.8. The number of aryl methyl sites for hydroxylation is 3. The van der Waals surface area contributed by atoms with Gasteiger partial charge in [-0.25, -0.2) is 0 Å². The fraction of sp³-hybridized carbons (Fsp3) is 0.394. The van der Waals surface area contributed by atoms with Crippen LogP contribution in [0.4, 0.5) is 0 Å². The van der Waals surface area contributed by atoms with Gasteiger partial charge in [0, 0.05) is 19.0 Å². The van der Waals surface area contributed by atoms with Crippen LogP contribution in [0.2, 0.25) is 0 Å². The molecule has 1 N–H and O–H groups in total. The Morgan fingerprint density at radius 2 is 1.50 bits per heavy atom. The minimum absolute atomic E-state index is 0.0902. The summed E-state index contributed by atoms with van der Waals surface area (Å²) >= 11 is 0. The summed E-state index contributed by atoms with van der Waals surface area (Å²) in [6, 6.07) is 23.5. The minimum Gasteiger partial charge on any atom is -0.484 e. The van der Waals surface area contributed by atoms with E-state index in [0.29, 0.717) is 18.7 Å². The Labute approximate surface area is 227 Å². The summed E-state index contributed by atoms with van der Waals surface area (Å²) in [6.45, 7) is 6.27. The maximum Gasteiger partial charge on any atom is 0.261 e. The quantitative estimate of drug-likeness (QED) is 0.358. The van der Waals surface area contributed by atoms with Crippen LogP contribution < -0.4 is 10.1 Å². The first kappa shape index (κ1) is 27.4. The van der Waals surface area contributed by atoms with E-state index < -0.39 is 6.04 Å². The second-order valence-electron chi connectivity index (χ2n) is 10.7. The van der Waals surface area contributed by atoms with Crippen molar-refractivity contribution in [3.8, 4) is 5.75 Å². The molecule has 1 saturated carbocycles. The fourth-order valence-electron chi connectivity index (χ4n) is 5.23. The van der Waals surface area contributed by atoms with Gasteiger partial charge in [-0.3, -0.25) is 9.59 Å². The molecule has 0 heterocycles. The molecule has 38 heavy (non-hydrogen) atoms. The minimum atomic E-state index is -0.643. The van der Waals surface area contributed by atoms with Gasteiger partial charge in [0.2, 0.25) is 5.91 Å². The highest BCUT2D eigenvalue weighted by Crippen LogP contribution is 2.21. The van der Waals surface area contributed by atoms with Gasteiger partial charge in [-0.1, -0.05) is 85.5 Å². The molecule has 0 bridgehead atoms. The third kappa shape index (κ3) is 7.95. The number of rotatable bonds is 10. The zero-order chi connectivity index (χ0) is 26.9. The van der Waals surface area contributed by atoms with Crippen LogP contribution in [0.5, 0.6) is 5.75 Å². The van der Waals surface area contributed by atoms with E-state index in [-0.39, 0.29) is 24.5 Å². The summed E-state index contributed by atoms with van der Waals surface area (Å²) in [5.74, 6) is 0.370. The van der Waals surface area contributed by atoms with Crippen molar-refractivity contribution in [2.24, 2.45) is 0 Å². The van der Waals surface area contributed by atoms with Crippen LogP contribution in [0.25, 0.3) is 0 Å². The summed E-state index contributed by atoms with van der Waals surface area (Å²) < 4.78 is 5.97. The lowest BCUT2D eigenvalue weighted by Crippen LogP contribution is -2.53. The van der Waals surface area contributed by atoms with E-state index in [9.17, 15) is 9.59 Å². The van der Waals surface area contributed by atoms with Crippen molar-refractivity contribution >= 4 is 11.8 Å². The fourth-order valence-corrected chi connectivity index (χ4v) is 5.23. The number of hydrogen-bond acceptors (Lipinski definition) is 3. The second kappa shape index (κ2) is 13.3. The third-order valence-corrected chi connectivity index (χ3v) is 7.25. The molecule has 1 aliphatic rings. The molecule has 4 rings (SSSR count). The molecule has 3 aromatic rings. The Hall–Kier alpha value is -3.60. The molecule has 0 spiro atoms. The molecule has 2 amide bonds. The molecule has 200 valence electrons. The van der Waals surface area contributed by atoms with Gasteiger partial charge in [0.05, 0.1) is 0 Å². The monoisotopic (exact) mass is 512 g/mol. The largest absolute Gasteiger partial charge is 0.484 e. The molecule has 5 heteroatoms. The average molecular weight is 513 g/mol. The molecule has 0 aromatic heterocycles. The molecular formula is C33H40N2O3. The van der Waals surface area contributed by atoms with Gasteiger partial charge >= 0.3 is 0 Å². The molecule has 0 radical (unpaired) electrons. The molecule has 3 aromatic carbocycles. The van der Waals surface area contributed by atoms with Gasteiger partial charge in [-0.2, -0.15) is 0 Å². The number of ether oxygens (including phenoxy) is 1. The van der Waals surface area contributed by atoms with Crippen molar-refractivity contribution < 1.29 is 14.3 Å². The smallest absolute Gasteiger partial charge is 0.261 e. The van der Waals surface area contributed by atoms with Gasteiger partial charge in [-0.15, -0.1) is 0 Å². The highest BCUT2D eigenvalue weighted by atomic mass is 16.5. The van der Waals surface area contributed by atoms with E-state index in [4.69, 9.17) is 4.74 Å². The molecule has 0 aliphatic heterocycles. The zero-order valence-electron chi connectivity index (χ0n) is 22.9. The summed E-state index contributed by atoms with van der Waals surface area (Å²) in [7, 11) is 0. The Morgan fingerprint density at radius 3 is 2.16 bits per heavy atom. The number of nitrogens with zero attached hydrogens (tertiary/aromatic N) is 1. The van der Waals surface area contributed by atoms with Crippen molar-refractivity contribution in [1.29, 1.82) is 0 Å². The van der Waals surface area contributed by atoms with Gasteiger partial charge in [-0.05, 0) is 68.0 Å². The molecule has 1 fully saturated rings. The third-order valence-electron chi connectivity index (χ3n) is 7.25. The van der Waals surface area contributed by atoms with Crippen LogP contribution in [0.3, 0.4) is 0 Å². The van der Waals surface area contributed by atoms with E-state index >= 15 is 0 Å². The van der Waals surface area contributed by atoms with Crippen LogP contribution in [-0.2, 0) is 22.6 Å². The number of carbonyl (C=O) groups is 2. The Bertz CT molecular complexity index is 1180. The topological polar surface area (TPSA) is 58.6 Å². The van der Waals surface area contributed by atoms with Gasteiger partial charge < -0.3 is 15.0 Å². The average Bonchev–Trinajstić information content (AvgIpc) is 2.91. The summed E-state index contributed by atoms with van der Waals surface area (Å²) in [4.78, 5) is 29.3. The lowest BCUT2D eigenvalue weighted by molar-refractivity contribution is -0.143. The van der Waals surface area contributed by atoms with Crippen molar-refractivity contribution in [2.75, 3.05) is 6.61 Å². The Balaban J connectivity index is 1.61. The first-order valence-electron chi connectivity index (χ1n) is 13.8. The lowest BCUT2D eigenvalue weighted by atomic mass is 9.94. The SMILES string of the molecule is Cc1ccc(CN(C(=O)COc2cc(C)cc(C)c2)[C@@H](Cc2ccccc2)C(=O)NC2CCCCC2)cc1. The molecule has 1 atom stereocenters. The van der Waals surface area contributed by atoms with E-state index in [2.05, 4.69) is 11.4 Å². The van der Waals surface area contributed by atoms with E-state index in [1.54, 1.807) is 4.90 Å². The first-order chi connectivity index (χ1) is 18.4. The zero-order valence-corrected chi connectivity index (χ0v) is 22.9.